The van der Waals surface area contributed by atoms with Crippen LogP contribution in [0.15, 0.2) is 24.3 Å². The van der Waals surface area contributed by atoms with Crippen LogP contribution in [0.4, 0.5) is 0 Å². The molecule has 1 aromatic rings. The van der Waals surface area contributed by atoms with Crippen molar-refractivity contribution in [2.24, 2.45) is 5.92 Å². The van der Waals surface area contributed by atoms with Gasteiger partial charge < -0.3 is 9.64 Å². The van der Waals surface area contributed by atoms with Crippen molar-refractivity contribution in [1.82, 2.24) is 9.80 Å². The molecule has 166 valence electrons. The largest absolute Gasteiger partial charge is 0.497 e. The fraction of sp³-hybridized carbons (Fsp3) is 0.640. The van der Waals surface area contributed by atoms with Gasteiger partial charge in [-0.05, 0) is 55.7 Å². The molecular formula is C25H32N2O4. The van der Waals surface area contributed by atoms with Crippen molar-refractivity contribution in [3.63, 3.8) is 0 Å². The summed E-state index contributed by atoms with van der Waals surface area (Å²) in [6, 6.07) is 7.65. The van der Waals surface area contributed by atoms with E-state index in [1.54, 1.807) is 7.11 Å². The van der Waals surface area contributed by atoms with Crippen molar-refractivity contribution in [1.29, 1.82) is 0 Å². The number of benzene rings is 1. The number of fused-ring (bicyclic) bond motifs is 2. The lowest BCUT2D eigenvalue weighted by Crippen LogP contribution is -2.46. The predicted molar refractivity (Wildman–Crippen MR) is 115 cm³/mol. The van der Waals surface area contributed by atoms with E-state index in [0.29, 0.717) is 17.7 Å². The quantitative estimate of drug-likeness (QED) is 0.680. The van der Waals surface area contributed by atoms with Crippen LogP contribution in [0.25, 0.3) is 0 Å². The first-order valence-corrected chi connectivity index (χ1v) is 11.8. The van der Waals surface area contributed by atoms with Gasteiger partial charge in [0.05, 0.1) is 12.5 Å². The fourth-order valence-electron chi connectivity index (χ4n) is 6.47. The molecule has 0 radical (unpaired) electrons. The lowest BCUT2D eigenvalue weighted by molar-refractivity contribution is -0.145. The average molecular weight is 425 g/mol. The molecule has 0 spiro atoms. The first-order chi connectivity index (χ1) is 15.0. The minimum absolute atomic E-state index is 0.0128. The van der Waals surface area contributed by atoms with Gasteiger partial charge in [0.25, 0.3) is 0 Å². The summed E-state index contributed by atoms with van der Waals surface area (Å²) in [4.78, 5) is 44.1. The van der Waals surface area contributed by atoms with Crippen LogP contribution in [0, 0.1) is 5.92 Å². The molecule has 0 aromatic heterocycles. The maximum absolute atomic E-state index is 13.9. The highest BCUT2D eigenvalue weighted by Crippen LogP contribution is 2.45. The van der Waals surface area contributed by atoms with E-state index in [4.69, 9.17) is 4.74 Å². The third kappa shape index (κ3) is 3.44. The number of rotatable bonds is 5. The number of likely N-dealkylation sites (tertiary alicyclic amines) is 2. The van der Waals surface area contributed by atoms with Crippen molar-refractivity contribution in [2.75, 3.05) is 13.7 Å². The van der Waals surface area contributed by atoms with Crippen LogP contribution >= 0.6 is 0 Å². The molecule has 2 aliphatic carbocycles. The molecule has 5 rings (SSSR count). The Hall–Kier alpha value is -2.37. The molecule has 2 saturated carbocycles. The lowest BCUT2D eigenvalue weighted by atomic mass is 9.75. The van der Waals surface area contributed by atoms with Gasteiger partial charge in [-0.3, -0.25) is 19.3 Å². The summed E-state index contributed by atoms with van der Waals surface area (Å²) in [5.41, 5.74) is -0.345. The molecule has 6 heteroatoms. The molecule has 4 fully saturated rings. The van der Waals surface area contributed by atoms with Crippen molar-refractivity contribution in [3.05, 3.63) is 29.8 Å². The summed E-state index contributed by atoms with van der Waals surface area (Å²) < 4.78 is 5.29. The van der Waals surface area contributed by atoms with Crippen molar-refractivity contribution in [3.8, 4) is 5.75 Å². The Labute approximate surface area is 183 Å². The second-order valence-electron chi connectivity index (χ2n) is 9.90. The smallest absolute Gasteiger partial charge is 0.241 e. The van der Waals surface area contributed by atoms with E-state index in [9.17, 15) is 14.4 Å². The molecule has 3 amide bonds. The predicted octanol–water partition coefficient (Wildman–Crippen LogP) is 3.43. The summed E-state index contributed by atoms with van der Waals surface area (Å²) >= 11 is 0. The van der Waals surface area contributed by atoms with E-state index < -0.39 is 5.41 Å². The van der Waals surface area contributed by atoms with Crippen LogP contribution in [0.5, 0.6) is 5.75 Å². The first kappa shape index (κ1) is 20.5. The second-order valence-corrected chi connectivity index (χ2v) is 9.90. The molecule has 6 nitrogen and oxygen atoms in total. The molecule has 0 unspecified atom stereocenters. The van der Waals surface area contributed by atoms with Gasteiger partial charge in [-0.2, -0.15) is 0 Å². The van der Waals surface area contributed by atoms with Crippen molar-refractivity contribution < 1.29 is 19.1 Å². The maximum atomic E-state index is 13.9. The van der Waals surface area contributed by atoms with Crippen molar-refractivity contribution >= 4 is 17.7 Å². The molecule has 1 aromatic carbocycles. The van der Waals surface area contributed by atoms with Crippen molar-refractivity contribution in [2.45, 2.75) is 81.7 Å². The van der Waals surface area contributed by atoms with Crippen LogP contribution in [-0.2, 0) is 19.8 Å². The van der Waals surface area contributed by atoms with Gasteiger partial charge in [-0.15, -0.1) is 0 Å². The van der Waals surface area contributed by atoms with Gasteiger partial charge in [0.15, 0.2) is 0 Å². The number of imide groups is 1. The zero-order valence-corrected chi connectivity index (χ0v) is 18.3. The Balaban J connectivity index is 1.48. The number of amides is 3. The number of nitrogens with zero attached hydrogens (tertiary/aromatic N) is 2. The standard InChI is InChI=1S/C25H32N2O4/c1-31-21-11-9-18(10-12-21)25(14-22(28)26-16-17-5-4-8-20(26)13-17)15-23(29)27(24(25)30)19-6-2-3-7-19/h9-12,17,19-20H,2-8,13-16H2,1H3/t17-,20+,25+/m1/s1. The number of methoxy groups -OCH3 is 1. The van der Waals surface area contributed by atoms with Gasteiger partial charge in [0.2, 0.25) is 17.7 Å². The average Bonchev–Trinajstić information content (AvgIpc) is 3.46. The Kier molecular flexibility index (Phi) is 5.27. The van der Waals surface area contributed by atoms with E-state index in [1.807, 2.05) is 29.2 Å². The van der Waals surface area contributed by atoms with Crippen LogP contribution in [0.3, 0.4) is 0 Å². The molecule has 31 heavy (non-hydrogen) atoms. The number of carbonyl (C=O) groups excluding carboxylic acids is 3. The Bertz CT molecular complexity index is 876. The fourth-order valence-corrected chi connectivity index (χ4v) is 6.47. The van der Waals surface area contributed by atoms with Crippen LogP contribution in [0.1, 0.15) is 69.8 Å². The molecule has 4 aliphatic rings. The molecule has 2 heterocycles. The molecule has 0 N–H and O–H groups in total. The zero-order valence-electron chi connectivity index (χ0n) is 18.3. The number of hydrogen-bond acceptors (Lipinski definition) is 4. The Morgan fingerprint density at radius 3 is 2.42 bits per heavy atom. The Morgan fingerprint density at radius 2 is 1.74 bits per heavy atom. The molecular weight excluding hydrogens is 392 g/mol. The van der Waals surface area contributed by atoms with E-state index >= 15 is 0 Å². The van der Waals surface area contributed by atoms with Crippen LogP contribution < -0.4 is 4.74 Å². The van der Waals surface area contributed by atoms with Gasteiger partial charge in [-0.25, -0.2) is 0 Å². The minimum Gasteiger partial charge on any atom is -0.497 e. The zero-order chi connectivity index (χ0) is 21.6. The summed E-state index contributed by atoms with van der Waals surface area (Å²) in [7, 11) is 1.60. The monoisotopic (exact) mass is 424 g/mol. The summed E-state index contributed by atoms with van der Waals surface area (Å²) in [5.74, 6) is 1.02. The van der Waals surface area contributed by atoms with Gasteiger partial charge in [0, 0.05) is 31.5 Å². The Morgan fingerprint density at radius 1 is 1.03 bits per heavy atom. The number of ether oxygens (including phenoxy) is 1. The van der Waals surface area contributed by atoms with Gasteiger partial charge >= 0.3 is 0 Å². The summed E-state index contributed by atoms with van der Waals surface area (Å²) in [6.07, 6.45) is 8.52. The maximum Gasteiger partial charge on any atom is 0.241 e. The van der Waals surface area contributed by atoms with Crippen LogP contribution in [-0.4, -0.2) is 53.3 Å². The van der Waals surface area contributed by atoms with E-state index in [-0.39, 0.29) is 36.6 Å². The van der Waals surface area contributed by atoms with E-state index in [1.165, 1.54) is 17.7 Å². The molecule has 3 atom stereocenters. The van der Waals surface area contributed by atoms with Crippen LogP contribution in [0.2, 0.25) is 0 Å². The summed E-state index contributed by atoms with van der Waals surface area (Å²) in [6.45, 7) is 0.802. The second kappa shape index (κ2) is 7.95. The molecule has 2 saturated heterocycles. The molecule has 2 aliphatic heterocycles. The number of hydrogen-bond donors (Lipinski definition) is 0. The highest BCUT2D eigenvalue weighted by atomic mass is 16.5. The SMILES string of the molecule is COc1ccc([C@]2(CC(=O)N3C[C@@H]4CCC[C@H]3C4)CC(=O)N(C3CCCC3)C2=O)cc1. The molecule has 2 bridgehead atoms. The van der Waals surface area contributed by atoms with Gasteiger partial charge in [-0.1, -0.05) is 31.4 Å². The van der Waals surface area contributed by atoms with E-state index in [2.05, 4.69) is 0 Å². The highest BCUT2D eigenvalue weighted by Gasteiger charge is 2.56. The van der Waals surface area contributed by atoms with E-state index in [0.717, 1.165) is 50.6 Å². The third-order valence-electron chi connectivity index (χ3n) is 8.11. The third-order valence-corrected chi connectivity index (χ3v) is 8.11. The number of carbonyl (C=O) groups is 3. The first-order valence-electron chi connectivity index (χ1n) is 11.8. The normalized spacial score (nSPS) is 31.0. The lowest BCUT2D eigenvalue weighted by Gasteiger charge is -2.32. The summed E-state index contributed by atoms with van der Waals surface area (Å²) in [5, 5.41) is 0. The minimum atomic E-state index is -1.10. The van der Waals surface area contributed by atoms with Gasteiger partial charge in [0.1, 0.15) is 5.75 Å². The highest BCUT2D eigenvalue weighted by molar-refractivity contribution is 6.11. The topological polar surface area (TPSA) is 66.9 Å².